The maximum absolute atomic E-state index is 14.6. The van der Waals surface area contributed by atoms with Crippen molar-refractivity contribution in [1.29, 1.82) is 0 Å². The number of allylic oxidation sites excluding steroid dienone is 1. The van der Waals surface area contributed by atoms with Gasteiger partial charge in [0.2, 0.25) is 59.1 Å². The molecule has 0 spiro atoms. The van der Waals surface area contributed by atoms with Crippen LogP contribution in [-0.4, -0.2) is 172 Å². The number of hydrogen-bond donors (Lipinski definition) is 13. The minimum absolute atomic E-state index is 0.0703. The van der Waals surface area contributed by atoms with E-state index in [2.05, 4.69) is 53.2 Å². The number of nitrogens with one attached hydrogen (secondary N) is 10. The van der Waals surface area contributed by atoms with Crippen LogP contribution in [0.1, 0.15) is 152 Å². The number of unbranched alkanes of at least 4 members (excludes halogenated alkanes) is 2. The summed E-state index contributed by atoms with van der Waals surface area (Å²) in [4.78, 5) is 157. The Labute approximate surface area is 500 Å². The molecule has 0 radical (unpaired) electrons. The van der Waals surface area contributed by atoms with Crippen molar-refractivity contribution in [3.8, 4) is 0 Å². The molecule has 25 nitrogen and oxygen atoms in total. The van der Waals surface area contributed by atoms with Crippen LogP contribution >= 0.6 is 0 Å². The third-order valence-corrected chi connectivity index (χ3v) is 15.3. The molecule has 12 atom stereocenters. The van der Waals surface area contributed by atoms with Gasteiger partial charge in [0.1, 0.15) is 54.0 Å². The zero-order chi connectivity index (χ0) is 63.5. The smallest absolute Gasteiger partial charge is 0.270 e. The van der Waals surface area contributed by atoms with Gasteiger partial charge in [-0.15, -0.1) is 0 Å². The highest BCUT2D eigenvalue weighted by Crippen LogP contribution is 2.22. The molecule has 476 valence electrons. The Bertz CT molecular complexity index is 2440. The van der Waals surface area contributed by atoms with E-state index in [0.717, 1.165) is 17.7 Å². The second-order valence-corrected chi connectivity index (χ2v) is 23.3. The number of amides is 11. The van der Waals surface area contributed by atoms with Crippen molar-refractivity contribution in [3.63, 3.8) is 0 Å². The maximum atomic E-state index is 14.6. The predicted octanol–water partition coefficient (Wildman–Crippen LogP) is 0.139. The lowest BCUT2D eigenvalue weighted by molar-refractivity contribution is -0.139. The average Bonchev–Trinajstić information content (AvgIpc) is 3.93. The van der Waals surface area contributed by atoms with E-state index in [1.54, 1.807) is 44.2 Å². The molecule has 85 heavy (non-hydrogen) atoms. The summed E-state index contributed by atoms with van der Waals surface area (Å²) < 4.78 is 0. The number of benzene rings is 1. The van der Waals surface area contributed by atoms with Gasteiger partial charge < -0.3 is 73.4 Å². The molecule has 1 aromatic carbocycles. The SMILES string of the molecule is C/C=C1/NC(=O)[C@H](CCO)NC(=O)C[C@H](CCCCC)NC(=O)CNC(=O)[C@H](CC(C)C)NC(=O)[C@H](C(C)CC)NC(=O)[C@H](C(C)CC)NC(=O)[C@H](CC(C)C)NC(=O)[C@H](Cc2ccccc2)NC(=O)[C@H](CCO)NC(=O)[C@@H]2CC(O)CN2C1=O. The van der Waals surface area contributed by atoms with Crippen molar-refractivity contribution in [2.24, 2.45) is 23.7 Å². The van der Waals surface area contributed by atoms with Crippen molar-refractivity contribution in [2.45, 2.75) is 213 Å². The van der Waals surface area contributed by atoms with Gasteiger partial charge in [0.05, 0.1) is 12.6 Å². The number of fused-ring (bicyclic) bond motifs is 1. The highest BCUT2D eigenvalue weighted by Gasteiger charge is 2.42. The molecule has 13 N–H and O–H groups in total. The summed E-state index contributed by atoms with van der Waals surface area (Å²) in [5.74, 6) is -10.0. The fourth-order valence-electron chi connectivity index (χ4n) is 10.1. The van der Waals surface area contributed by atoms with Gasteiger partial charge in [0.25, 0.3) is 5.91 Å². The molecule has 2 aliphatic rings. The molecule has 3 unspecified atom stereocenters. The number of carbonyl (C=O) groups excluding carboxylic acids is 11. The molecule has 3 rings (SSSR count). The standard InChI is InChI=1S/C60H97N11O14/c1-11-15-17-22-39-30-48(75)63-42(23-25-72)53(78)64-41(14-4)60(85)71-33-40(74)31-47(71)57(82)65-43(24-26-73)54(79)67-46(29-38-20-18-16-19-21-38)55(80)66-45(28-35(7)8)56(81)69-51(37(10)13-3)59(84)70-50(36(9)12-2)58(83)68-44(27-34(5)6)52(77)61-32-49(76)62-39/h14,16,18-21,34-37,39-40,42-47,50-51,72-74H,11-13,15,17,22-33H2,1-10H3,(H,61,77)(H,62,76)(H,63,75)(H,64,78)(H,65,82)(H,66,80)(H,67,79)(H,68,83)(H,69,81)(H,70,84)/b41-14+/t36?,37?,39-,40?,42-,43-,44-,45-,46-,47-,50-,51-/m0/s1. The van der Waals surface area contributed by atoms with Crippen LogP contribution < -0.4 is 53.2 Å². The highest BCUT2D eigenvalue weighted by atomic mass is 16.3. The van der Waals surface area contributed by atoms with E-state index < -0.39 is 157 Å². The first-order valence-electron chi connectivity index (χ1n) is 30.2. The van der Waals surface area contributed by atoms with Gasteiger partial charge in [-0.3, -0.25) is 52.7 Å². The van der Waals surface area contributed by atoms with Crippen LogP contribution in [0.25, 0.3) is 0 Å². The summed E-state index contributed by atoms with van der Waals surface area (Å²) >= 11 is 0. The Morgan fingerprint density at radius 2 is 1.07 bits per heavy atom. The zero-order valence-electron chi connectivity index (χ0n) is 51.3. The van der Waals surface area contributed by atoms with Crippen LogP contribution in [0.4, 0.5) is 0 Å². The number of aliphatic hydroxyl groups is 3. The van der Waals surface area contributed by atoms with Crippen LogP contribution in [0.2, 0.25) is 0 Å². The van der Waals surface area contributed by atoms with Crippen LogP contribution in [0.15, 0.2) is 42.1 Å². The molecule has 0 aliphatic carbocycles. The van der Waals surface area contributed by atoms with E-state index in [1.807, 2.05) is 48.5 Å². The number of hydrogen-bond acceptors (Lipinski definition) is 14. The van der Waals surface area contributed by atoms with Gasteiger partial charge >= 0.3 is 0 Å². The van der Waals surface area contributed by atoms with E-state index in [-0.39, 0.29) is 69.0 Å². The summed E-state index contributed by atoms with van der Waals surface area (Å²) in [5.41, 5.74) is 0.241. The van der Waals surface area contributed by atoms with Crippen LogP contribution in [-0.2, 0) is 59.2 Å². The first-order valence-corrected chi connectivity index (χ1v) is 30.2. The largest absolute Gasteiger partial charge is 0.396 e. The van der Waals surface area contributed by atoms with Crippen LogP contribution in [0.5, 0.6) is 0 Å². The number of nitrogens with zero attached hydrogens (tertiary/aromatic N) is 1. The lowest BCUT2D eigenvalue weighted by Crippen LogP contribution is -2.62. The molecule has 2 heterocycles. The van der Waals surface area contributed by atoms with E-state index in [4.69, 9.17) is 0 Å². The summed E-state index contributed by atoms with van der Waals surface area (Å²) in [6, 6.07) is -2.83. The van der Waals surface area contributed by atoms with Crippen molar-refractivity contribution < 1.29 is 68.1 Å². The van der Waals surface area contributed by atoms with Crippen molar-refractivity contribution >= 4 is 65.0 Å². The zero-order valence-corrected chi connectivity index (χ0v) is 51.3. The molecule has 2 saturated heterocycles. The molecule has 1 aromatic rings. The Morgan fingerprint density at radius 3 is 1.62 bits per heavy atom. The number of aliphatic hydroxyl groups excluding tert-OH is 3. The lowest BCUT2D eigenvalue weighted by atomic mass is 9.93. The highest BCUT2D eigenvalue weighted by molar-refractivity contribution is 6.02. The number of rotatable bonds is 18. The normalized spacial score (nSPS) is 27.0. The van der Waals surface area contributed by atoms with Gasteiger partial charge in [-0.25, -0.2) is 0 Å². The molecular formula is C60H97N11O14. The Balaban J connectivity index is 2.17. The quantitative estimate of drug-likeness (QED) is 0.0687. The second-order valence-electron chi connectivity index (χ2n) is 23.3. The molecule has 0 saturated carbocycles. The molecule has 0 aromatic heterocycles. The van der Waals surface area contributed by atoms with Gasteiger partial charge in [-0.1, -0.05) is 131 Å². The summed E-state index contributed by atoms with van der Waals surface area (Å²) in [7, 11) is 0. The second kappa shape index (κ2) is 36.8. The summed E-state index contributed by atoms with van der Waals surface area (Å²) in [5, 5.41) is 57.9. The minimum Gasteiger partial charge on any atom is -0.396 e. The van der Waals surface area contributed by atoms with Crippen molar-refractivity contribution in [1.82, 2.24) is 58.1 Å². The molecular weight excluding hydrogens is 1100 g/mol. The van der Waals surface area contributed by atoms with E-state index >= 15 is 0 Å². The minimum atomic E-state index is -1.52. The van der Waals surface area contributed by atoms with E-state index in [1.165, 1.54) is 13.0 Å². The summed E-state index contributed by atoms with van der Waals surface area (Å²) in [6.45, 7) is 15.7. The van der Waals surface area contributed by atoms with Crippen LogP contribution in [0.3, 0.4) is 0 Å². The van der Waals surface area contributed by atoms with E-state index in [9.17, 15) is 68.1 Å². The fourth-order valence-corrected chi connectivity index (χ4v) is 10.1. The molecule has 2 fully saturated rings. The van der Waals surface area contributed by atoms with Gasteiger partial charge in [-0.2, -0.15) is 0 Å². The third kappa shape index (κ3) is 23.8. The Morgan fingerprint density at radius 1 is 0.565 bits per heavy atom. The Hall–Kier alpha value is -6.99. The molecule has 2 aliphatic heterocycles. The monoisotopic (exact) mass is 1200 g/mol. The molecule has 11 amide bonds. The first kappa shape index (κ1) is 72.3. The van der Waals surface area contributed by atoms with Gasteiger partial charge in [0, 0.05) is 45.1 Å². The lowest BCUT2D eigenvalue weighted by Gasteiger charge is -2.31. The van der Waals surface area contributed by atoms with Crippen molar-refractivity contribution in [2.75, 3.05) is 26.3 Å². The first-order chi connectivity index (χ1) is 40.3. The number of carbonyl (C=O) groups is 11. The molecule has 0 bridgehead atoms. The fraction of sp³-hybridized carbons (Fsp3) is 0.683. The van der Waals surface area contributed by atoms with E-state index in [0.29, 0.717) is 31.2 Å². The Kier molecular flexibility index (Phi) is 31.3. The van der Waals surface area contributed by atoms with Gasteiger partial charge in [-0.05, 0) is 68.3 Å². The van der Waals surface area contributed by atoms with Crippen LogP contribution in [0, 0.1) is 23.7 Å². The molecule has 25 heteroatoms. The summed E-state index contributed by atoms with van der Waals surface area (Å²) in [6.07, 6.45) is 2.09. The van der Waals surface area contributed by atoms with Crippen molar-refractivity contribution in [3.05, 3.63) is 47.7 Å². The third-order valence-electron chi connectivity index (χ3n) is 15.3. The predicted molar refractivity (Wildman–Crippen MR) is 317 cm³/mol. The maximum Gasteiger partial charge on any atom is 0.270 e. The topological polar surface area (TPSA) is 372 Å². The average molecular weight is 1200 g/mol. The van der Waals surface area contributed by atoms with Gasteiger partial charge in [0.15, 0.2) is 0 Å².